The van der Waals surface area contributed by atoms with Crippen LogP contribution in [0.25, 0.3) is 10.8 Å². The van der Waals surface area contributed by atoms with Crippen molar-refractivity contribution in [2.75, 3.05) is 6.26 Å². The highest BCUT2D eigenvalue weighted by Gasteiger charge is 2.29. The van der Waals surface area contributed by atoms with Gasteiger partial charge in [-0.15, -0.1) is 0 Å². The van der Waals surface area contributed by atoms with Crippen molar-refractivity contribution < 1.29 is 17.4 Å². The number of fused-ring (bicyclic) bond motifs is 3. The maximum atomic E-state index is 11.0. The van der Waals surface area contributed by atoms with Crippen molar-refractivity contribution in [2.45, 2.75) is 13.0 Å². The van der Waals surface area contributed by atoms with Crippen molar-refractivity contribution in [3.63, 3.8) is 0 Å². The van der Waals surface area contributed by atoms with E-state index in [0.29, 0.717) is 11.5 Å². The SMILES string of the molecule is CC1Oc2c(ccc3ccccc23)/C1=N/OS(C)(=O)=O. The minimum Gasteiger partial charge on any atom is -0.483 e. The normalized spacial score (nSPS) is 19.9. The lowest BCUT2D eigenvalue weighted by atomic mass is 10.0. The van der Waals surface area contributed by atoms with Crippen molar-refractivity contribution in [1.82, 2.24) is 0 Å². The van der Waals surface area contributed by atoms with Gasteiger partial charge in [-0.3, -0.25) is 4.28 Å². The molecule has 0 aromatic heterocycles. The van der Waals surface area contributed by atoms with Gasteiger partial charge in [0, 0.05) is 10.9 Å². The van der Waals surface area contributed by atoms with Crippen LogP contribution in [0.3, 0.4) is 0 Å². The van der Waals surface area contributed by atoms with E-state index in [1.54, 1.807) is 6.92 Å². The van der Waals surface area contributed by atoms with E-state index in [1.807, 2.05) is 36.4 Å². The number of rotatable bonds is 2. The average Bonchev–Trinajstić information content (AvgIpc) is 2.71. The molecule has 104 valence electrons. The number of hydrogen-bond acceptors (Lipinski definition) is 5. The molecule has 0 spiro atoms. The second-order valence-corrected chi connectivity index (χ2v) is 6.24. The minimum absolute atomic E-state index is 0.349. The summed E-state index contributed by atoms with van der Waals surface area (Å²) in [7, 11) is -3.62. The molecule has 20 heavy (non-hydrogen) atoms. The molecule has 1 aliphatic rings. The molecular weight excluding hydrogens is 278 g/mol. The van der Waals surface area contributed by atoms with E-state index in [4.69, 9.17) is 4.74 Å². The molecule has 5 nitrogen and oxygen atoms in total. The van der Waals surface area contributed by atoms with E-state index in [0.717, 1.165) is 22.6 Å². The van der Waals surface area contributed by atoms with Crippen LogP contribution in [0.2, 0.25) is 0 Å². The van der Waals surface area contributed by atoms with Gasteiger partial charge in [-0.1, -0.05) is 35.5 Å². The van der Waals surface area contributed by atoms with Gasteiger partial charge in [0.2, 0.25) is 0 Å². The molecule has 1 aliphatic heterocycles. The van der Waals surface area contributed by atoms with E-state index >= 15 is 0 Å². The van der Waals surface area contributed by atoms with Crippen LogP contribution in [0.4, 0.5) is 0 Å². The fourth-order valence-corrected chi connectivity index (χ4v) is 2.47. The topological polar surface area (TPSA) is 65.0 Å². The molecule has 0 radical (unpaired) electrons. The highest BCUT2D eigenvalue weighted by molar-refractivity contribution is 7.85. The lowest BCUT2D eigenvalue weighted by molar-refractivity contribution is 0.295. The highest BCUT2D eigenvalue weighted by Crippen LogP contribution is 2.36. The summed E-state index contributed by atoms with van der Waals surface area (Å²) < 4.78 is 32.4. The Morgan fingerprint density at radius 2 is 1.95 bits per heavy atom. The Balaban J connectivity index is 2.14. The predicted molar refractivity (Wildman–Crippen MR) is 76.5 cm³/mol. The third-order valence-corrected chi connectivity index (χ3v) is 3.45. The number of oxime groups is 1. The number of nitrogens with zero attached hydrogens (tertiary/aromatic N) is 1. The van der Waals surface area contributed by atoms with Gasteiger partial charge in [-0.25, -0.2) is 0 Å². The first-order valence-electron chi connectivity index (χ1n) is 6.11. The lowest BCUT2D eigenvalue weighted by Crippen LogP contribution is -2.17. The van der Waals surface area contributed by atoms with Gasteiger partial charge >= 0.3 is 10.1 Å². The predicted octanol–water partition coefficient (Wildman–Crippen LogP) is 2.30. The Kier molecular flexibility index (Phi) is 2.90. The van der Waals surface area contributed by atoms with Crippen LogP contribution in [-0.2, 0) is 14.4 Å². The Hall–Kier alpha value is -2.08. The molecule has 1 atom stereocenters. The monoisotopic (exact) mass is 291 g/mol. The molecule has 3 rings (SSSR count). The third-order valence-electron chi connectivity index (χ3n) is 3.11. The number of hydrogen-bond donors (Lipinski definition) is 0. The molecule has 0 saturated heterocycles. The zero-order valence-electron chi connectivity index (χ0n) is 11.0. The largest absolute Gasteiger partial charge is 0.483 e. The Labute approximate surface area is 116 Å². The maximum Gasteiger partial charge on any atom is 0.325 e. The average molecular weight is 291 g/mol. The zero-order chi connectivity index (χ0) is 14.3. The van der Waals surface area contributed by atoms with E-state index < -0.39 is 10.1 Å². The fourth-order valence-electron chi connectivity index (χ4n) is 2.25. The number of ether oxygens (including phenoxy) is 1. The van der Waals surface area contributed by atoms with E-state index in [9.17, 15) is 8.42 Å². The molecule has 1 heterocycles. The minimum atomic E-state index is -3.62. The summed E-state index contributed by atoms with van der Waals surface area (Å²) >= 11 is 0. The summed E-state index contributed by atoms with van der Waals surface area (Å²) in [4.78, 5) is 0. The first-order chi connectivity index (χ1) is 9.46. The Morgan fingerprint density at radius 1 is 1.20 bits per heavy atom. The van der Waals surface area contributed by atoms with Crippen LogP contribution in [0, 0.1) is 0 Å². The molecule has 0 amide bonds. The van der Waals surface area contributed by atoms with Crippen molar-refractivity contribution in [3.8, 4) is 5.75 Å². The lowest BCUT2D eigenvalue weighted by Gasteiger charge is -2.05. The first-order valence-corrected chi connectivity index (χ1v) is 7.92. The van der Waals surface area contributed by atoms with Gasteiger partial charge < -0.3 is 4.74 Å². The van der Waals surface area contributed by atoms with Gasteiger partial charge in [-0.2, -0.15) is 8.42 Å². The van der Waals surface area contributed by atoms with Gasteiger partial charge in [0.15, 0.2) is 0 Å². The molecular formula is C14H13NO4S. The smallest absolute Gasteiger partial charge is 0.325 e. The van der Waals surface area contributed by atoms with Crippen LogP contribution in [-0.4, -0.2) is 26.5 Å². The zero-order valence-corrected chi connectivity index (χ0v) is 11.8. The Bertz CT molecular complexity index is 811. The summed E-state index contributed by atoms with van der Waals surface area (Å²) in [6.07, 6.45) is 0.608. The molecule has 0 aliphatic carbocycles. The summed E-state index contributed by atoms with van der Waals surface area (Å²) in [6, 6.07) is 11.7. The molecule has 0 fully saturated rings. The summed E-state index contributed by atoms with van der Waals surface area (Å²) in [5.41, 5.74) is 1.25. The molecule has 6 heteroatoms. The second kappa shape index (κ2) is 4.49. The maximum absolute atomic E-state index is 11.0. The van der Waals surface area contributed by atoms with Gasteiger partial charge in [0.1, 0.15) is 17.6 Å². The van der Waals surface area contributed by atoms with Gasteiger partial charge in [0.05, 0.1) is 6.26 Å². The summed E-state index contributed by atoms with van der Waals surface area (Å²) in [5, 5.41) is 5.76. The van der Waals surface area contributed by atoms with Crippen molar-refractivity contribution in [3.05, 3.63) is 42.0 Å². The van der Waals surface area contributed by atoms with E-state index in [1.165, 1.54) is 0 Å². The highest BCUT2D eigenvalue weighted by atomic mass is 32.2. The summed E-state index contributed by atoms with van der Waals surface area (Å²) in [6.45, 7) is 1.80. The molecule has 0 saturated carbocycles. The van der Waals surface area contributed by atoms with Crippen LogP contribution >= 0.6 is 0 Å². The first kappa shape index (κ1) is 12.9. The van der Waals surface area contributed by atoms with Crippen molar-refractivity contribution in [1.29, 1.82) is 0 Å². The number of benzene rings is 2. The second-order valence-electron chi connectivity index (χ2n) is 4.68. The van der Waals surface area contributed by atoms with E-state index in [-0.39, 0.29) is 6.10 Å². The van der Waals surface area contributed by atoms with Crippen LogP contribution < -0.4 is 4.74 Å². The molecule has 0 bridgehead atoms. The standard InChI is InChI=1S/C14H13NO4S/c1-9-13(15-19-20(2,16)17)12-8-7-10-5-3-4-6-11(10)14(12)18-9/h3-9H,1-2H3/b15-13+. The van der Waals surface area contributed by atoms with Gasteiger partial charge in [-0.05, 0) is 18.4 Å². The van der Waals surface area contributed by atoms with Crippen molar-refractivity contribution in [2.24, 2.45) is 5.16 Å². The molecule has 2 aromatic rings. The molecule has 1 unspecified atom stereocenters. The molecule has 2 aromatic carbocycles. The summed E-state index contributed by atoms with van der Waals surface area (Å²) in [5.74, 6) is 0.714. The molecule has 0 N–H and O–H groups in total. The van der Waals surface area contributed by atoms with E-state index in [2.05, 4.69) is 9.44 Å². The Morgan fingerprint density at radius 3 is 2.70 bits per heavy atom. The van der Waals surface area contributed by atoms with Crippen LogP contribution in [0.5, 0.6) is 5.75 Å². The van der Waals surface area contributed by atoms with Crippen LogP contribution in [0.15, 0.2) is 41.6 Å². The third kappa shape index (κ3) is 2.22. The van der Waals surface area contributed by atoms with Crippen molar-refractivity contribution >= 4 is 26.6 Å². The quantitative estimate of drug-likeness (QED) is 0.796. The van der Waals surface area contributed by atoms with Gasteiger partial charge in [0.25, 0.3) is 0 Å². The fraction of sp³-hybridized carbons (Fsp3) is 0.214. The van der Waals surface area contributed by atoms with Crippen LogP contribution in [0.1, 0.15) is 12.5 Å².